The maximum Gasteiger partial charge on any atom is 0.144 e. The Morgan fingerprint density at radius 2 is 1.96 bits per heavy atom. The van der Waals surface area contributed by atoms with Gasteiger partial charge in [-0.15, -0.1) is 11.3 Å². The van der Waals surface area contributed by atoms with E-state index in [9.17, 15) is 4.79 Å². The van der Waals surface area contributed by atoms with Gasteiger partial charge in [0.15, 0.2) is 0 Å². The van der Waals surface area contributed by atoms with E-state index >= 15 is 0 Å². The second-order valence-electron chi connectivity index (χ2n) is 6.43. The maximum absolute atomic E-state index is 12.5. The molecule has 0 aliphatic heterocycles. The lowest BCUT2D eigenvalue weighted by Gasteiger charge is -2.01. The summed E-state index contributed by atoms with van der Waals surface area (Å²) >= 11 is 1.50. The molecule has 4 rings (SSSR count). The summed E-state index contributed by atoms with van der Waals surface area (Å²) in [6.45, 7) is 4.13. The summed E-state index contributed by atoms with van der Waals surface area (Å²) in [6.07, 6.45) is 4.12. The Bertz CT molecular complexity index is 1080. The molecule has 0 fully saturated rings. The van der Waals surface area contributed by atoms with Crippen LogP contribution in [0.2, 0.25) is 0 Å². The van der Waals surface area contributed by atoms with Crippen LogP contribution in [0.25, 0.3) is 22.4 Å². The zero-order valence-electron chi connectivity index (χ0n) is 14.7. The number of carbonyl (C=O) groups excluding carboxylic acids is 1. The molecule has 4 aromatic rings. The minimum atomic E-state index is 0.132. The Hall–Kier alpha value is -2.79. The number of fused-ring (bicyclic) bond motifs is 1. The van der Waals surface area contributed by atoms with Crippen molar-refractivity contribution in [3.05, 3.63) is 69.9 Å². The largest absolute Gasteiger partial charge is 0.464 e. The van der Waals surface area contributed by atoms with Crippen LogP contribution in [0.5, 0.6) is 0 Å². The number of rotatable bonds is 5. The van der Waals surface area contributed by atoms with Gasteiger partial charge >= 0.3 is 0 Å². The first-order valence-electron chi connectivity index (χ1n) is 8.45. The average Bonchev–Trinajstić information content (AvgIpc) is 3.24. The van der Waals surface area contributed by atoms with Gasteiger partial charge in [-0.05, 0) is 49.2 Å². The Morgan fingerprint density at radius 3 is 2.77 bits per heavy atom. The lowest BCUT2D eigenvalue weighted by Crippen LogP contribution is -2.06. The molecule has 3 aromatic heterocycles. The summed E-state index contributed by atoms with van der Waals surface area (Å²) in [4.78, 5) is 21.4. The van der Waals surface area contributed by atoms with E-state index in [0.717, 1.165) is 32.9 Å². The summed E-state index contributed by atoms with van der Waals surface area (Å²) in [6, 6.07) is 9.85. The van der Waals surface area contributed by atoms with Gasteiger partial charge in [0.05, 0.1) is 24.1 Å². The number of hydrogen-bond donors (Lipinski definition) is 0. The molecular weight excluding hydrogens is 344 g/mol. The van der Waals surface area contributed by atoms with E-state index in [1.54, 1.807) is 12.5 Å². The van der Waals surface area contributed by atoms with E-state index in [4.69, 9.17) is 4.42 Å². The molecule has 4 nitrogen and oxygen atoms in total. The van der Waals surface area contributed by atoms with Gasteiger partial charge in [-0.25, -0.2) is 4.98 Å². The van der Waals surface area contributed by atoms with Gasteiger partial charge in [-0.2, -0.15) is 0 Å². The molecule has 0 unspecified atom stereocenters. The zero-order valence-corrected chi connectivity index (χ0v) is 15.5. The fraction of sp³-hybridized carbons (Fsp3) is 0.190. The Morgan fingerprint density at radius 1 is 1.12 bits per heavy atom. The van der Waals surface area contributed by atoms with Gasteiger partial charge in [0.25, 0.3) is 0 Å². The predicted octanol–water partition coefficient (Wildman–Crippen LogP) is 4.92. The zero-order chi connectivity index (χ0) is 18.1. The molecule has 1 aromatic carbocycles. The van der Waals surface area contributed by atoms with Gasteiger partial charge in [0.1, 0.15) is 16.4 Å². The molecule has 0 radical (unpaired) electrons. The van der Waals surface area contributed by atoms with E-state index in [1.807, 2.05) is 29.6 Å². The molecule has 0 spiro atoms. The smallest absolute Gasteiger partial charge is 0.144 e. The number of carbonyl (C=O) groups is 1. The lowest BCUT2D eigenvalue weighted by molar-refractivity contribution is -0.117. The molecular formula is C21H18N2O2S. The van der Waals surface area contributed by atoms with Crippen molar-refractivity contribution in [2.24, 2.45) is 0 Å². The van der Waals surface area contributed by atoms with Crippen LogP contribution in [0, 0.1) is 13.8 Å². The Labute approximate surface area is 155 Å². The number of hydrogen-bond acceptors (Lipinski definition) is 5. The number of ketones is 1. The molecule has 0 saturated heterocycles. The van der Waals surface area contributed by atoms with Crippen molar-refractivity contribution in [1.82, 2.24) is 9.97 Å². The third-order valence-electron chi connectivity index (χ3n) is 4.49. The molecule has 5 heteroatoms. The SMILES string of the molecule is Cc1cc2occ(CC(=O)Cc3nc(-c4ccccn4)cs3)c2cc1C. The van der Waals surface area contributed by atoms with E-state index in [-0.39, 0.29) is 5.78 Å². The highest BCUT2D eigenvalue weighted by atomic mass is 32.1. The fourth-order valence-corrected chi connectivity index (χ4v) is 3.76. The van der Waals surface area contributed by atoms with Gasteiger partial charge in [-0.3, -0.25) is 9.78 Å². The van der Waals surface area contributed by atoms with E-state index in [1.165, 1.54) is 22.5 Å². The van der Waals surface area contributed by atoms with Crippen LogP contribution in [0.4, 0.5) is 0 Å². The Balaban J connectivity index is 1.50. The van der Waals surface area contributed by atoms with Crippen molar-refractivity contribution >= 4 is 28.1 Å². The molecule has 0 amide bonds. The summed E-state index contributed by atoms with van der Waals surface area (Å²) in [5, 5.41) is 3.79. The normalized spacial score (nSPS) is 11.2. The Kier molecular flexibility index (Phi) is 4.39. The van der Waals surface area contributed by atoms with Crippen molar-refractivity contribution in [3.8, 4) is 11.4 Å². The summed E-state index contributed by atoms with van der Waals surface area (Å²) in [7, 11) is 0. The number of pyridine rings is 1. The monoisotopic (exact) mass is 362 g/mol. The predicted molar refractivity (Wildman–Crippen MR) is 103 cm³/mol. The van der Waals surface area contributed by atoms with Crippen LogP contribution in [0.3, 0.4) is 0 Å². The van der Waals surface area contributed by atoms with Gasteiger partial charge in [-0.1, -0.05) is 6.07 Å². The highest BCUT2D eigenvalue weighted by molar-refractivity contribution is 7.10. The van der Waals surface area contributed by atoms with E-state index < -0.39 is 0 Å². The number of nitrogens with zero attached hydrogens (tertiary/aromatic N) is 2. The van der Waals surface area contributed by atoms with Crippen molar-refractivity contribution in [2.75, 3.05) is 0 Å². The molecule has 0 N–H and O–H groups in total. The van der Waals surface area contributed by atoms with Crippen molar-refractivity contribution in [1.29, 1.82) is 0 Å². The molecule has 0 bridgehead atoms. The number of thiazole rings is 1. The van der Waals surface area contributed by atoms with Crippen LogP contribution in [0.15, 0.2) is 52.6 Å². The van der Waals surface area contributed by atoms with Crippen LogP contribution in [-0.4, -0.2) is 15.8 Å². The van der Waals surface area contributed by atoms with Gasteiger partial charge < -0.3 is 4.42 Å². The molecule has 130 valence electrons. The molecule has 26 heavy (non-hydrogen) atoms. The fourth-order valence-electron chi connectivity index (χ4n) is 2.94. The summed E-state index contributed by atoms with van der Waals surface area (Å²) < 4.78 is 5.62. The van der Waals surface area contributed by atoms with Crippen LogP contribution < -0.4 is 0 Å². The third kappa shape index (κ3) is 3.30. The second-order valence-corrected chi connectivity index (χ2v) is 7.37. The molecule has 0 atom stereocenters. The topological polar surface area (TPSA) is 56.0 Å². The van der Waals surface area contributed by atoms with Crippen LogP contribution in [0.1, 0.15) is 21.7 Å². The molecule has 3 heterocycles. The molecule has 0 saturated carbocycles. The lowest BCUT2D eigenvalue weighted by atomic mass is 10.0. The van der Waals surface area contributed by atoms with Crippen molar-refractivity contribution in [3.63, 3.8) is 0 Å². The molecule has 0 aliphatic carbocycles. The second kappa shape index (κ2) is 6.84. The van der Waals surface area contributed by atoms with E-state index in [2.05, 4.69) is 29.9 Å². The number of Topliss-reactive ketones (excluding diaryl/α,β-unsaturated/α-hetero) is 1. The van der Waals surface area contributed by atoms with Crippen molar-refractivity contribution in [2.45, 2.75) is 26.7 Å². The third-order valence-corrected chi connectivity index (χ3v) is 5.33. The van der Waals surface area contributed by atoms with Gasteiger partial charge in [0.2, 0.25) is 0 Å². The minimum Gasteiger partial charge on any atom is -0.464 e. The number of benzene rings is 1. The standard InChI is InChI=1S/C21H18N2O2S/c1-13-7-17-15(11-25-20(17)8-14(13)2)9-16(24)10-21-23-19(12-26-21)18-5-3-4-6-22-18/h3-8,11-12H,9-10H2,1-2H3. The first-order valence-corrected chi connectivity index (χ1v) is 9.33. The van der Waals surface area contributed by atoms with Gasteiger partial charge in [0, 0.05) is 28.9 Å². The van der Waals surface area contributed by atoms with E-state index in [0.29, 0.717) is 12.8 Å². The highest BCUT2D eigenvalue weighted by Crippen LogP contribution is 2.26. The van der Waals surface area contributed by atoms with Crippen LogP contribution >= 0.6 is 11.3 Å². The summed E-state index contributed by atoms with van der Waals surface area (Å²) in [5.74, 6) is 0.132. The quantitative estimate of drug-likeness (QED) is 0.505. The first kappa shape index (κ1) is 16.7. The molecule has 0 aliphatic rings. The first-order chi connectivity index (χ1) is 12.6. The summed E-state index contributed by atoms with van der Waals surface area (Å²) in [5.41, 5.74) is 5.81. The number of furan rings is 1. The maximum atomic E-state index is 12.5. The van der Waals surface area contributed by atoms with Crippen molar-refractivity contribution < 1.29 is 9.21 Å². The minimum absolute atomic E-state index is 0.132. The van der Waals surface area contributed by atoms with Crippen LogP contribution in [-0.2, 0) is 17.6 Å². The highest BCUT2D eigenvalue weighted by Gasteiger charge is 2.14. The number of aromatic nitrogens is 2. The average molecular weight is 362 g/mol. The number of aryl methyl sites for hydroxylation is 2.